The van der Waals surface area contributed by atoms with E-state index in [9.17, 15) is 4.79 Å². The van der Waals surface area contributed by atoms with Crippen LogP contribution < -0.4 is 5.32 Å². The molecule has 1 amide bonds. The molecule has 5 nitrogen and oxygen atoms in total. The first kappa shape index (κ1) is 15.0. The van der Waals surface area contributed by atoms with Crippen LogP contribution in [-0.4, -0.2) is 33.9 Å². The number of piperidine rings is 1. The Bertz CT molecular complexity index is 653. The summed E-state index contributed by atoms with van der Waals surface area (Å²) in [5.41, 5.74) is 1.31. The number of nitrogens with zero attached hydrogens (tertiary/aromatic N) is 3. The standard InChI is InChI=1S/C16H17BrN4O/c17-12-6-2-3-7-13(12)20-15-11-18-14(10-19-15)16(22)21-8-4-1-5-9-21/h2-3,6-7,10-11H,1,4-5,8-9H2,(H,19,20). The van der Waals surface area contributed by atoms with Crippen LogP contribution in [0.3, 0.4) is 0 Å². The third-order valence-corrected chi connectivity index (χ3v) is 4.34. The van der Waals surface area contributed by atoms with Crippen LogP contribution in [0.5, 0.6) is 0 Å². The zero-order valence-electron chi connectivity index (χ0n) is 12.1. The molecule has 3 rings (SSSR count). The van der Waals surface area contributed by atoms with Crippen molar-refractivity contribution in [1.82, 2.24) is 14.9 Å². The zero-order valence-corrected chi connectivity index (χ0v) is 13.7. The molecule has 0 atom stereocenters. The summed E-state index contributed by atoms with van der Waals surface area (Å²) in [7, 11) is 0. The minimum atomic E-state index is -0.0281. The van der Waals surface area contributed by atoms with Gasteiger partial charge in [0.2, 0.25) is 0 Å². The molecule has 6 heteroatoms. The average molecular weight is 361 g/mol. The molecule has 2 heterocycles. The maximum Gasteiger partial charge on any atom is 0.274 e. The number of nitrogens with one attached hydrogen (secondary N) is 1. The van der Waals surface area contributed by atoms with E-state index in [1.54, 1.807) is 6.20 Å². The van der Waals surface area contributed by atoms with Gasteiger partial charge in [-0.15, -0.1) is 0 Å². The molecule has 0 saturated carbocycles. The summed E-state index contributed by atoms with van der Waals surface area (Å²) in [5, 5.41) is 3.17. The lowest BCUT2D eigenvalue weighted by Crippen LogP contribution is -2.36. The van der Waals surface area contributed by atoms with Crippen molar-refractivity contribution in [3.05, 3.63) is 46.8 Å². The van der Waals surface area contributed by atoms with Gasteiger partial charge in [-0.05, 0) is 47.3 Å². The number of rotatable bonds is 3. The number of carbonyl (C=O) groups excluding carboxylic acids is 1. The minimum absolute atomic E-state index is 0.0281. The number of anilines is 2. The molecule has 1 aliphatic rings. The second kappa shape index (κ2) is 6.87. The first-order chi connectivity index (χ1) is 10.7. The first-order valence-electron chi connectivity index (χ1n) is 7.37. The monoisotopic (exact) mass is 360 g/mol. The van der Waals surface area contributed by atoms with Crippen LogP contribution in [0.4, 0.5) is 11.5 Å². The van der Waals surface area contributed by atoms with Crippen LogP contribution in [0.15, 0.2) is 41.1 Å². The second-order valence-corrected chi connectivity index (χ2v) is 6.10. The number of para-hydroxylation sites is 1. The highest BCUT2D eigenvalue weighted by Gasteiger charge is 2.19. The third-order valence-electron chi connectivity index (χ3n) is 3.65. The van der Waals surface area contributed by atoms with Gasteiger partial charge in [0.05, 0.1) is 18.1 Å². The molecule has 1 aromatic heterocycles. The van der Waals surface area contributed by atoms with Crippen molar-refractivity contribution < 1.29 is 4.79 Å². The van der Waals surface area contributed by atoms with Gasteiger partial charge in [0, 0.05) is 17.6 Å². The van der Waals surface area contributed by atoms with Crippen LogP contribution in [0.25, 0.3) is 0 Å². The van der Waals surface area contributed by atoms with Gasteiger partial charge in [-0.3, -0.25) is 4.79 Å². The van der Waals surface area contributed by atoms with Gasteiger partial charge in [0.25, 0.3) is 5.91 Å². The molecular weight excluding hydrogens is 344 g/mol. The Morgan fingerprint density at radius 2 is 1.86 bits per heavy atom. The summed E-state index contributed by atoms with van der Waals surface area (Å²) in [6.07, 6.45) is 6.47. The van der Waals surface area contributed by atoms with E-state index in [0.717, 1.165) is 36.1 Å². The lowest BCUT2D eigenvalue weighted by Gasteiger charge is -2.26. The highest BCUT2D eigenvalue weighted by molar-refractivity contribution is 9.10. The van der Waals surface area contributed by atoms with Crippen molar-refractivity contribution in [2.24, 2.45) is 0 Å². The van der Waals surface area contributed by atoms with Gasteiger partial charge in [-0.2, -0.15) is 0 Å². The number of hydrogen-bond donors (Lipinski definition) is 1. The van der Waals surface area contributed by atoms with Crippen molar-refractivity contribution >= 4 is 33.3 Å². The van der Waals surface area contributed by atoms with Crippen LogP contribution in [0, 0.1) is 0 Å². The zero-order chi connectivity index (χ0) is 15.4. The summed E-state index contributed by atoms with van der Waals surface area (Å²) >= 11 is 3.47. The van der Waals surface area contributed by atoms with Crippen molar-refractivity contribution in [3.63, 3.8) is 0 Å². The van der Waals surface area contributed by atoms with Crippen LogP contribution in [0.2, 0.25) is 0 Å². The number of hydrogen-bond acceptors (Lipinski definition) is 4. The number of benzene rings is 1. The van der Waals surface area contributed by atoms with E-state index in [4.69, 9.17) is 0 Å². The van der Waals surface area contributed by atoms with Crippen LogP contribution >= 0.6 is 15.9 Å². The van der Waals surface area contributed by atoms with E-state index >= 15 is 0 Å². The molecule has 1 aliphatic heterocycles. The van der Waals surface area contributed by atoms with E-state index in [1.165, 1.54) is 12.6 Å². The molecule has 0 unspecified atom stereocenters. The van der Waals surface area contributed by atoms with Crippen molar-refractivity contribution in [1.29, 1.82) is 0 Å². The Labute approximate surface area is 137 Å². The number of amides is 1. The highest BCUT2D eigenvalue weighted by Crippen LogP contribution is 2.24. The molecule has 2 aromatic rings. The second-order valence-electron chi connectivity index (χ2n) is 5.24. The Morgan fingerprint density at radius 1 is 1.09 bits per heavy atom. The maximum absolute atomic E-state index is 12.3. The van der Waals surface area contributed by atoms with Gasteiger partial charge in [0.15, 0.2) is 0 Å². The predicted octanol–water partition coefficient (Wildman–Crippen LogP) is 3.61. The molecule has 1 aromatic carbocycles. The van der Waals surface area contributed by atoms with E-state index < -0.39 is 0 Å². The van der Waals surface area contributed by atoms with Crippen molar-refractivity contribution in [3.8, 4) is 0 Å². The molecule has 114 valence electrons. The van der Waals surface area contributed by atoms with Gasteiger partial charge in [0.1, 0.15) is 11.5 Å². The normalized spacial score (nSPS) is 14.7. The summed E-state index contributed by atoms with van der Waals surface area (Å²) in [5.74, 6) is 0.585. The number of likely N-dealkylation sites (tertiary alicyclic amines) is 1. The smallest absolute Gasteiger partial charge is 0.274 e. The molecular formula is C16H17BrN4O. The van der Waals surface area contributed by atoms with Crippen LogP contribution in [0.1, 0.15) is 29.8 Å². The molecule has 22 heavy (non-hydrogen) atoms. The molecule has 0 spiro atoms. The molecule has 0 radical (unpaired) electrons. The van der Waals surface area contributed by atoms with Gasteiger partial charge in [-0.1, -0.05) is 12.1 Å². The summed E-state index contributed by atoms with van der Waals surface area (Å²) in [4.78, 5) is 22.7. The highest BCUT2D eigenvalue weighted by atomic mass is 79.9. The fourth-order valence-electron chi connectivity index (χ4n) is 2.46. The quantitative estimate of drug-likeness (QED) is 0.908. The number of aromatic nitrogens is 2. The van der Waals surface area contributed by atoms with E-state index in [1.807, 2.05) is 29.2 Å². The molecule has 1 fully saturated rings. The maximum atomic E-state index is 12.3. The van der Waals surface area contributed by atoms with Gasteiger partial charge in [-0.25, -0.2) is 9.97 Å². The topological polar surface area (TPSA) is 58.1 Å². The van der Waals surface area contributed by atoms with E-state index in [2.05, 4.69) is 31.2 Å². The predicted molar refractivity (Wildman–Crippen MR) is 89.2 cm³/mol. The van der Waals surface area contributed by atoms with E-state index in [0.29, 0.717) is 11.5 Å². The minimum Gasteiger partial charge on any atom is -0.338 e. The van der Waals surface area contributed by atoms with Gasteiger partial charge < -0.3 is 10.2 Å². The Kier molecular flexibility index (Phi) is 4.68. The fourth-order valence-corrected chi connectivity index (χ4v) is 2.85. The molecule has 0 aliphatic carbocycles. The SMILES string of the molecule is O=C(c1cnc(Nc2ccccc2Br)cn1)N1CCCCC1. The number of carbonyl (C=O) groups is 1. The Balaban J connectivity index is 1.70. The summed E-state index contributed by atoms with van der Waals surface area (Å²) in [6.45, 7) is 1.63. The number of halogens is 1. The van der Waals surface area contributed by atoms with Crippen molar-refractivity contribution in [2.75, 3.05) is 18.4 Å². The lowest BCUT2D eigenvalue weighted by atomic mass is 10.1. The van der Waals surface area contributed by atoms with Crippen molar-refractivity contribution in [2.45, 2.75) is 19.3 Å². The largest absolute Gasteiger partial charge is 0.338 e. The summed E-state index contributed by atoms with van der Waals surface area (Å²) in [6, 6.07) is 7.78. The fraction of sp³-hybridized carbons (Fsp3) is 0.312. The van der Waals surface area contributed by atoms with Crippen LogP contribution in [-0.2, 0) is 0 Å². The first-order valence-corrected chi connectivity index (χ1v) is 8.16. The van der Waals surface area contributed by atoms with Gasteiger partial charge >= 0.3 is 0 Å². The summed E-state index contributed by atoms with van der Waals surface area (Å²) < 4.78 is 0.949. The average Bonchev–Trinajstić information content (AvgIpc) is 2.58. The molecule has 1 N–H and O–H groups in total. The Morgan fingerprint density at radius 3 is 2.55 bits per heavy atom. The molecule has 1 saturated heterocycles. The lowest BCUT2D eigenvalue weighted by molar-refractivity contribution is 0.0718. The van der Waals surface area contributed by atoms with E-state index in [-0.39, 0.29) is 5.91 Å². The Hall–Kier alpha value is -1.95. The third kappa shape index (κ3) is 3.44. The molecule has 0 bridgehead atoms.